The van der Waals surface area contributed by atoms with Crippen LogP contribution in [0.1, 0.15) is 19.6 Å². The van der Waals surface area contributed by atoms with E-state index < -0.39 is 0 Å². The first kappa shape index (κ1) is 10.1. The summed E-state index contributed by atoms with van der Waals surface area (Å²) in [6.45, 7) is 6.27. The predicted octanol–water partition coefficient (Wildman–Crippen LogP) is 3.39. The maximum absolute atomic E-state index is 5.20. The first-order valence-electron chi connectivity index (χ1n) is 4.00. The van der Waals surface area contributed by atoms with Gasteiger partial charge < -0.3 is 4.42 Å². The largest absolute Gasteiger partial charge is 0.468 e. The quantitative estimate of drug-likeness (QED) is 0.596. The van der Waals surface area contributed by atoms with Gasteiger partial charge in [-0.05, 0) is 13.0 Å². The molecule has 68 valence electrons. The number of aryl methyl sites for hydroxylation is 1. The van der Waals surface area contributed by atoms with Gasteiger partial charge >= 0.3 is 0 Å². The van der Waals surface area contributed by atoms with Crippen molar-refractivity contribution in [3.8, 4) is 0 Å². The highest BCUT2D eigenvalue weighted by Crippen LogP contribution is 2.29. The van der Waals surface area contributed by atoms with Crippen LogP contribution in [0.5, 0.6) is 0 Å². The van der Waals surface area contributed by atoms with Gasteiger partial charge in [-0.2, -0.15) is 12.6 Å². The molecule has 0 radical (unpaired) electrons. The Hall–Kier alpha value is -0.0200. The molecule has 0 aliphatic rings. The van der Waals surface area contributed by atoms with Crippen LogP contribution in [-0.2, 0) is 0 Å². The van der Waals surface area contributed by atoms with Crippen LogP contribution in [0.25, 0.3) is 0 Å². The van der Waals surface area contributed by atoms with E-state index in [1.165, 1.54) is 4.90 Å². The fraction of sp³-hybridized carbons (Fsp3) is 0.556. The summed E-state index contributed by atoms with van der Waals surface area (Å²) < 4.78 is 5.20. The Labute approximate surface area is 83.3 Å². The predicted molar refractivity (Wildman–Crippen MR) is 57.2 cm³/mol. The van der Waals surface area contributed by atoms with Gasteiger partial charge in [0.25, 0.3) is 0 Å². The van der Waals surface area contributed by atoms with Crippen molar-refractivity contribution in [1.82, 2.24) is 0 Å². The zero-order valence-corrected chi connectivity index (χ0v) is 9.28. The number of hydrogen-bond donors (Lipinski definition) is 1. The molecule has 0 fully saturated rings. The standard InChI is InChI=1S/C9H14OS2/c1-6-9(4-5-10-6)12-8(3)7(2)11/h4-5,7-8,11H,1-3H3. The number of thioether (sulfide) groups is 1. The Morgan fingerprint density at radius 3 is 2.58 bits per heavy atom. The zero-order chi connectivity index (χ0) is 9.14. The van der Waals surface area contributed by atoms with Gasteiger partial charge in [0, 0.05) is 15.4 Å². The minimum absolute atomic E-state index is 0.407. The SMILES string of the molecule is Cc1occc1SC(C)C(C)S. The van der Waals surface area contributed by atoms with Gasteiger partial charge in [-0.15, -0.1) is 11.8 Å². The molecule has 0 saturated carbocycles. The van der Waals surface area contributed by atoms with Crippen molar-refractivity contribution in [3.05, 3.63) is 18.1 Å². The van der Waals surface area contributed by atoms with E-state index in [1.54, 1.807) is 6.26 Å². The highest BCUT2D eigenvalue weighted by Gasteiger charge is 2.11. The van der Waals surface area contributed by atoms with Crippen molar-refractivity contribution in [3.63, 3.8) is 0 Å². The van der Waals surface area contributed by atoms with E-state index >= 15 is 0 Å². The molecule has 12 heavy (non-hydrogen) atoms. The lowest BCUT2D eigenvalue weighted by Crippen LogP contribution is -2.08. The molecule has 0 aliphatic heterocycles. The molecule has 0 saturated heterocycles. The average Bonchev–Trinajstić information content (AvgIpc) is 2.36. The Morgan fingerprint density at radius 2 is 2.17 bits per heavy atom. The molecule has 0 amide bonds. The molecule has 3 heteroatoms. The van der Waals surface area contributed by atoms with E-state index in [0.717, 1.165) is 5.76 Å². The number of hydrogen-bond acceptors (Lipinski definition) is 3. The van der Waals surface area contributed by atoms with E-state index in [9.17, 15) is 0 Å². The third-order valence-corrected chi connectivity index (χ3v) is 3.91. The van der Waals surface area contributed by atoms with E-state index in [4.69, 9.17) is 4.42 Å². The maximum atomic E-state index is 5.20. The van der Waals surface area contributed by atoms with Crippen molar-refractivity contribution in [2.75, 3.05) is 0 Å². The second-order valence-corrected chi connectivity index (χ2v) is 5.14. The Kier molecular flexibility index (Phi) is 3.59. The summed E-state index contributed by atoms with van der Waals surface area (Å²) in [6.07, 6.45) is 1.73. The molecule has 1 aromatic heterocycles. The fourth-order valence-corrected chi connectivity index (χ4v) is 1.92. The summed E-state index contributed by atoms with van der Waals surface area (Å²) >= 11 is 6.20. The van der Waals surface area contributed by atoms with Gasteiger partial charge in [0.15, 0.2) is 0 Å². The normalized spacial score (nSPS) is 16.0. The molecule has 1 rings (SSSR count). The minimum atomic E-state index is 0.407. The lowest BCUT2D eigenvalue weighted by molar-refractivity contribution is 0.526. The van der Waals surface area contributed by atoms with Crippen LogP contribution < -0.4 is 0 Å². The Bertz CT molecular complexity index is 242. The van der Waals surface area contributed by atoms with Gasteiger partial charge in [-0.1, -0.05) is 13.8 Å². The molecule has 1 nitrogen and oxygen atoms in total. The van der Waals surface area contributed by atoms with E-state index in [1.807, 2.05) is 24.8 Å². The summed E-state index contributed by atoms with van der Waals surface area (Å²) in [4.78, 5) is 1.23. The summed E-state index contributed by atoms with van der Waals surface area (Å²) in [7, 11) is 0. The molecule has 1 aromatic rings. The van der Waals surface area contributed by atoms with Crippen molar-refractivity contribution in [1.29, 1.82) is 0 Å². The highest BCUT2D eigenvalue weighted by atomic mass is 32.2. The van der Waals surface area contributed by atoms with Gasteiger partial charge in [0.05, 0.1) is 6.26 Å². The monoisotopic (exact) mass is 202 g/mol. The first-order valence-corrected chi connectivity index (χ1v) is 5.39. The van der Waals surface area contributed by atoms with Crippen LogP contribution in [0.4, 0.5) is 0 Å². The topological polar surface area (TPSA) is 13.1 Å². The molecule has 0 aliphatic carbocycles. The average molecular weight is 202 g/mol. The summed E-state index contributed by atoms with van der Waals surface area (Å²) in [5, 5.41) is 0.925. The summed E-state index contributed by atoms with van der Waals surface area (Å²) in [5.41, 5.74) is 0. The highest BCUT2D eigenvalue weighted by molar-refractivity contribution is 8.00. The fourth-order valence-electron chi connectivity index (χ4n) is 0.794. The van der Waals surface area contributed by atoms with Gasteiger partial charge in [0.1, 0.15) is 5.76 Å². The lowest BCUT2D eigenvalue weighted by Gasteiger charge is -2.12. The maximum Gasteiger partial charge on any atom is 0.114 e. The van der Waals surface area contributed by atoms with Gasteiger partial charge in [-0.25, -0.2) is 0 Å². The zero-order valence-electron chi connectivity index (χ0n) is 7.57. The van der Waals surface area contributed by atoms with E-state index in [0.29, 0.717) is 10.5 Å². The third kappa shape index (κ3) is 2.49. The third-order valence-electron chi connectivity index (χ3n) is 1.80. The molecule has 2 atom stereocenters. The second kappa shape index (κ2) is 4.28. The number of furan rings is 1. The smallest absolute Gasteiger partial charge is 0.114 e. The second-order valence-electron chi connectivity index (χ2n) is 2.90. The molecular weight excluding hydrogens is 188 g/mol. The first-order chi connectivity index (χ1) is 5.61. The van der Waals surface area contributed by atoms with E-state index in [2.05, 4.69) is 26.5 Å². The summed E-state index contributed by atoms with van der Waals surface area (Å²) in [5.74, 6) is 1.00. The van der Waals surface area contributed by atoms with Gasteiger partial charge in [0.2, 0.25) is 0 Å². The number of thiol groups is 1. The molecule has 0 spiro atoms. The van der Waals surface area contributed by atoms with Crippen LogP contribution in [0.2, 0.25) is 0 Å². The molecule has 0 bridgehead atoms. The van der Waals surface area contributed by atoms with Crippen molar-refractivity contribution in [2.45, 2.75) is 36.2 Å². The van der Waals surface area contributed by atoms with Crippen molar-refractivity contribution in [2.24, 2.45) is 0 Å². The molecule has 0 N–H and O–H groups in total. The van der Waals surface area contributed by atoms with Crippen LogP contribution in [0, 0.1) is 6.92 Å². The molecule has 1 heterocycles. The Balaban J connectivity index is 2.58. The minimum Gasteiger partial charge on any atom is -0.468 e. The van der Waals surface area contributed by atoms with Crippen molar-refractivity contribution >= 4 is 24.4 Å². The van der Waals surface area contributed by atoms with Gasteiger partial charge in [-0.3, -0.25) is 0 Å². The van der Waals surface area contributed by atoms with E-state index in [-0.39, 0.29) is 0 Å². The van der Waals surface area contributed by atoms with Crippen LogP contribution >= 0.6 is 24.4 Å². The Morgan fingerprint density at radius 1 is 1.50 bits per heavy atom. The van der Waals surface area contributed by atoms with Crippen molar-refractivity contribution < 1.29 is 4.42 Å². The summed E-state index contributed by atoms with van der Waals surface area (Å²) in [6, 6.07) is 2.01. The van der Waals surface area contributed by atoms with Crippen LogP contribution in [0.3, 0.4) is 0 Å². The molecular formula is C9H14OS2. The molecule has 0 aromatic carbocycles. The number of rotatable bonds is 3. The van der Waals surface area contributed by atoms with Crippen LogP contribution in [0.15, 0.2) is 21.6 Å². The lowest BCUT2D eigenvalue weighted by atomic mass is 10.4. The molecule has 2 unspecified atom stereocenters. The van der Waals surface area contributed by atoms with Crippen LogP contribution in [-0.4, -0.2) is 10.5 Å².